The second-order valence-corrected chi connectivity index (χ2v) is 5.44. The van der Waals surface area contributed by atoms with Gasteiger partial charge in [0.25, 0.3) is 0 Å². The molecule has 0 aliphatic heterocycles. The summed E-state index contributed by atoms with van der Waals surface area (Å²) in [5.41, 5.74) is 3.60. The smallest absolute Gasteiger partial charge is 0.163 e. The normalized spacial score (nSPS) is 14.3. The van der Waals surface area contributed by atoms with Gasteiger partial charge in [-0.1, -0.05) is 0 Å². The number of hydrogen-bond donors (Lipinski definition) is 1. The predicted molar refractivity (Wildman–Crippen MR) is 86.6 cm³/mol. The Morgan fingerprint density at radius 1 is 1.22 bits per heavy atom. The van der Waals surface area contributed by atoms with Crippen LogP contribution in [0.15, 0.2) is 52.5 Å². The third kappa shape index (κ3) is 3.39. The highest BCUT2D eigenvalue weighted by Crippen LogP contribution is 2.33. The highest BCUT2D eigenvalue weighted by Gasteiger charge is 2.19. The van der Waals surface area contributed by atoms with Crippen LogP contribution in [0.5, 0.6) is 11.5 Å². The van der Waals surface area contributed by atoms with Crippen molar-refractivity contribution in [3.05, 3.63) is 53.6 Å². The van der Waals surface area contributed by atoms with Gasteiger partial charge in [0.1, 0.15) is 6.61 Å². The summed E-state index contributed by atoms with van der Waals surface area (Å²) in [6.07, 6.45) is 4.59. The Hall–Kier alpha value is -2.69. The van der Waals surface area contributed by atoms with Crippen LogP contribution in [-0.2, 0) is 11.4 Å². The first-order valence-electron chi connectivity index (χ1n) is 7.49. The topological polar surface area (TPSA) is 60.7 Å². The molecule has 1 heterocycles. The van der Waals surface area contributed by atoms with Crippen LogP contribution in [0, 0.1) is 0 Å². The molecule has 2 aromatic rings. The molecule has 1 aliphatic rings. The molecule has 0 saturated heterocycles. The third-order valence-corrected chi connectivity index (χ3v) is 3.91. The summed E-state index contributed by atoms with van der Waals surface area (Å²) < 4.78 is 16.2. The summed E-state index contributed by atoms with van der Waals surface area (Å²) in [7, 11) is 1.61. The van der Waals surface area contributed by atoms with Crippen molar-refractivity contribution < 1.29 is 18.7 Å². The van der Waals surface area contributed by atoms with Crippen molar-refractivity contribution in [2.24, 2.45) is 0 Å². The van der Waals surface area contributed by atoms with Gasteiger partial charge in [0.05, 0.1) is 19.6 Å². The number of Topliss-reactive ketones (excluding diaryl/α,β-unsaturated/α-hetero) is 1. The maximum absolute atomic E-state index is 11.6. The van der Waals surface area contributed by atoms with E-state index in [-0.39, 0.29) is 5.78 Å². The lowest BCUT2D eigenvalue weighted by atomic mass is 10.2. The maximum Gasteiger partial charge on any atom is 0.163 e. The number of methoxy groups -OCH3 is 1. The van der Waals surface area contributed by atoms with Gasteiger partial charge in [-0.15, -0.1) is 0 Å². The van der Waals surface area contributed by atoms with Crippen LogP contribution < -0.4 is 14.8 Å². The molecule has 120 valence electrons. The Bertz CT molecular complexity index is 731. The lowest BCUT2D eigenvalue weighted by Gasteiger charge is -2.14. The lowest BCUT2D eigenvalue weighted by Crippen LogP contribution is -2.01. The number of hydrogen-bond acceptors (Lipinski definition) is 5. The van der Waals surface area contributed by atoms with Crippen molar-refractivity contribution in [1.82, 2.24) is 0 Å². The highest BCUT2D eigenvalue weighted by molar-refractivity contribution is 5.98. The van der Waals surface area contributed by atoms with E-state index < -0.39 is 0 Å². The van der Waals surface area contributed by atoms with Crippen LogP contribution >= 0.6 is 0 Å². The van der Waals surface area contributed by atoms with Crippen LogP contribution in [0.25, 0.3) is 0 Å². The van der Waals surface area contributed by atoms with Gasteiger partial charge in [-0.3, -0.25) is 4.79 Å². The van der Waals surface area contributed by atoms with Gasteiger partial charge in [-0.2, -0.15) is 0 Å². The number of ketones is 1. The highest BCUT2D eigenvalue weighted by atomic mass is 16.5. The van der Waals surface area contributed by atoms with Crippen molar-refractivity contribution in [1.29, 1.82) is 0 Å². The number of ether oxygens (including phenoxy) is 2. The largest absolute Gasteiger partial charge is 0.493 e. The molecule has 0 saturated carbocycles. The summed E-state index contributed by atoms with van der Waals surface area (Å²) in [5, 5.41) is 3.31. The van der Waals surface area contributed by atoms with E-state index in [0.717, 1.165) is 28.9 Å². The Labute approximate surface area is 134 Å². The summed E-state index contributed by atoms with van der Waals surface area (Å²) in [5.74, 6) is 1.51. The van der Waals surface area contributed by atoms with Gasteiger partial charge in [0.15, 0.2) is 17.3 Å². The zero-order valence-corrected chi connectivity index (χ0v) is 13.2. The molecule has 3 rings (SSSR count). The molecule has 5 heteroatoms. The number of rotatable bonds is 6. The standard InChI is InChI=1S/C18H19NO4/c1-12-15(4-5-16(12)20)19-14-3-6-17(21-2)18(9-14)23-11-13-7-8-22-10-13/h3,6-10,19H,4-5,11H2,1-2H3. The van der Waals surface area contributed by atoms with Crippen LogP contribution in [0.1, 0.15) is 25.3 Å². The first kappa shape index (κ1) is 15.2. The summed E-state index contributed by atoms with van der Waals surface area (Å²) in [6.45, 7) is 2.26. The van der Waals surface area contributed by atoms with Crippen LogP contribution in [0.3, 0.4) is 0 Å². The molecular formula is C18H19NO4. The van der Waals surface area contributed by atoms with Gasteiger partial charge in [0.2, 0.25) is 0 Å². The van der Waals surface area contributed by atoms with Gasteiger partial charge in [-0.25, -0.2) is 0 Å². The molecule has 23 heavy (non-hydrogen) atoms. The van der Waals surface area contributed by atoms with E-state index in [9.17, 15) is 4.79 Å². The molecule has 1 aromatic carbocycles. The van der Waals surface area contributed by atoms with E-state index in [2.05, 4.69) is 5.32 Å². The zero-order chi connectivity index (χ0) is 16.2. The van der Waals surface area contributed by atoms with Crippen molar-refractivity contribution >= 4 is 11.5 Å². The number of benzene rings is 1. The molecule has 0 spiro atoms. The van der Waals surface area contributed by atoms with Crippen molar-refractivity contribution in [2.75, 3.05) is 12.4 Å². The molecule has 0 unspecified atom stereocenters. The Morgan fingerprint density at radius 3 is 2.74 bits per heavy atom. The molecule has 0 fully saturated rings. The molecular weight excluding hydrogens is 294 g/mol. The fourth-order valence-corrected chi connectivity index (χ4v) is 2.52. The van der Waals surface area contributed by atoms with E-state index in [4.69, 9.17) is 13.9 Å². The average Bonchev–Trinajstić information content (AvgIpc) is 3.19. The molecule has 5 nitrogen and oxygen atoms in total. The maximum atomic E-state index is 11.6. The fourth-order valence-electron chi connectivity index (χ4n) is 2.52. The molecule has 1 N–H and O–H groups in total. The molecule has 0 radical (unpaired) electrons. The Morgan fingerprint density at radius 2 is 2.09 bits per heavy atom. The summed E-state index contributed by atoms with van der Waals surface area (Å²) >= 11 is 0. The lowest BCUT2D eigenvalue weighted by molar-refractivity contribution is -0.114. The predicted octanol–water partition coefficient (Wildman–Crippen LogP) is 3.92. The molecule has 0 amide bonds. The molecule has 0 bridgehead atoms. The summed E-state index contributed by atoms with van der Waals surface area (Å²) in [4.78, 5) is 11.6. The quantitative estimate of drug-likeness (QED) is 0.876. The van der Waals surface area contributed by atoms with Crippen LogP contribution in [-0.4, -0.2) is 12.9 Å². The van der Waals surface area contributed by atoms with E-state index >= 15 is 0 Å². The second kappa shape index (κ2) is 6.60. The molecule has 1 aromatic heterocycles. The number of allylic oxidation sites excluding steroid dienone is 2. The van der Waals surface area contributed by atoms with Gasteiger partial charge >= 0.3 is 0 Å². The van der Waals surface area contributed by atoms with Crippen LogP contribution in [0.2, 0.25) is 0 Å². The van der Waals surface area contributed by atoms with E-state index in [1.165, 1.54) is 0 Å². The summed E-state index contributed by atoms with van der Waals surface area (Å²) in [6, 6.07) is 7.49. The van der Waals surface area contributed by atoms with Gasteiger partial charge in [0, 0.05) is 35.0 Å². The SMILES string of the molecule is COc1ccc(NC2=C(C)C(=O)CC2)cc1OCc1ccoc1. The number of carbonyl (C=O) groups is 1. The van der Waals surface area contributed by atoms with Crippen LogP contribution in [0.4, 0.5) is 5.69 Å². The fraction of sp³-hybridized carbons (Fsp3) is 0.278. The van der Waals surface area contributed by atoms with Crippen molar-refractivity contribution in [2.45, 2.75) is 26.4 Å². The number of nitrogens with one attached hydrogen (secondary N) is 1. The number of furan rings is 1. The van der Waals surface area contributed by atoms with Gasteiger partial charge in [-0.05, 0) is 31.5 Å². The monoisotopic (exact) mass is 313 g/mol. The first-order chi connectivity index (χ1) is 11.2. The average molecular weight is 313 g/mol. The zero-order valence-electron chi connectivity index (χ0n) is 13.2. The second-order valence-electron chi connectivity index (χ2n) is 5.44. The minimum absolute atomic E-state index is 0.206. The minimum atomic E-state index is 0.206. The molecule has 1 aliphatic carbocycles. The van der Waals surface area contributed by atoms with E-state index in [1.54, 1.807) is 19.6 Å². The van der Waals surface area contributed by atoms with E-state index in [0.29, 0.717) is 24.5 Å². The van der Waals surface area contributed by atoms with Gasteiger partial charge < -0.3 is 19.2 Å². The molecule has 0 atom stereocenters. The van der Waals surface area contributed by atoms with Crippen molar-refractivity contribution in [3.8, 4) is 11.5 Å². The Balaban J connectivity index is 1.77. The number of carbonyl (C=O) groups excluding carboxylic acids is 1. The van der Waals surface area contributed by atoms with Crippen molar-refractivity contribution in [3.63, 3.8) is 0 Å². The third-order valence-electron chi connectivity index (χ3n) is 3.91. The Kier molecular flexibility index (Phi) is 4.37. The minimum Gasteiger partial charge on any atom is -0.493 e. The number of anilines is 1. The first-order valence-corrected chi connectivity index (χ1v) is 7.49. The van der Waals surface area contributed by atoms with E-state index in [1.807, 2.05) is 31.2 Å².